The molecular weight excluding hydrogens is 380 g/mol. The van der Waals surface area contributed by atoms with Gasteiger partial charge in [-0.05, 0) is 44.4 Å². The van der Waals surface area contributed by atoms with Crippen molar-refractivity contribution < 1.29 is 14.3 Å². The SMILES string of the molecule is CCN(CC)C(=O)C1CN(Cc2ccnc(N3CCOCC3)c2)CC12CCOCC2. The van der Waals surface area contributed by atoms with E-state index < -0.39 is 0 Å². The van der Waals surface area contributed by atoms with Gasteiger partial charge in [-0.15, -0.1) is 0 Å². The van der Waals surface area contributed by atoms with E-state index in [4.69, 9.17) is 9.47 Å². The third-order valence-corrected chi connectivity index (χ3v) is 7.13. The Kier molecular flexibility index (Phi) is 6.91. The molecule has 0 bridgehead atoms. The van der Waals surface area contributed by atoms with Gasteiger partial charge in [0, 0.05) is 70.6 Å². The maximum atomic E-state index is 13.4. The van der Waals surface area contributed by atoms with Crippen molar-refractivity contribution in [1.82, 2.24) is 14.8 Å². The van der Waals surface area contributed by atoms with Gasteiger partial charge in [0.15, 0.2) is 0 Å². The van der Waals surface area contributed by atoms with Gasteiger partial charge in [0.05, 0.1) is 19.1 Å². The summed E-state index contributed by atoms with van der Waals surface area (Å²) in [4.78, 5) is 24.7. The van der Waals surface area contributed by atoms with Gasteiger partial charge >= 0.3 is 0 Å². The van der Waals surface area contributed by atoms with E-state index in [1.807, 2.05) is 11.1 Å². The topological polar surface area (TPSA) is 58.1 Å². The number of hydrogen-bond donors (Lipinski definition) is 0. The number of carbonyl (C=O) groups excluding carboxylic acids is 1. The van der Waals surface area contributed by atoms with Crippen LogP contribution in [-0.2, 0) is 20.8 Å². The molecule has 3 saturated heterocycles. The molecule has 4 rings (SSSR count). The normalized spacial score (nSPS) is 24.3. The molecule has 7 heteroatoms. The number of hydrogen-bond acceptors (Lipinski definition) is 6. The van der Waals surface area contributed by atoms with Gasteiger partial charge in [-0.3, -0.25) is 9.69 Å². The van der Waals surface area contributed by atoms with E-state index >= 15 is 0 Å². The average molecular weight is 417 g/mol. The summed E-state index contributed by atoms with van der Waals surface area (Å²) >= 11 is 0. The molecule has 0 saturated carbocycles. The predicted molar refractivity (Wildman–Crippen MR) is 116 cm³/mol. The van der Waals surface area contributed by atoms with Gasteiger partial charge < -0.3 is 19.3 Å². The van der Waals surface area contributed by atoms with Gasteiger partial charge in [-0.2, -0.15) is 0 Å². The fraction of sp³-hybridized carbons (Fsp3) is 0.739. The molecule has 0 aliphatic carbocycles. The first-order valence-electron chi connectivity index (χ1n) is 11.5. The molecule has 4 heterocycles. The number of carbonyl (C=O) groups is 1. The molecule has 30 heavy (non-hydrogen) atoms. The number of nitrogens with zero attached hydrogens (tertiary/aromatic N) is 4. The minimum atomic E-state index is 0.0536. The molecule has 7 nitrogen and oxygen atoms in total. The fourth-order valence-corrected chi connectivity index (χ4v) is 5.36. The smallest absolute Gasteiger partial charge is 0.227 e. The van der Waals surface area contributed by atoms with Crippen LogP contribution >= 0.6 is 0 Å². The van der Waals surface area contributed by atoms with Gasteiger partial charge in [0.1, 0.15) is 5.82 Å². The molecule has 166 valence electrons. The molecule has 3 fully saturated rings. The van der Waals surface area contributed by atoms with Crippen LogP contribution in [0.2, 0.25) is 0 Å². The van der Waals surface area contributed by atoms with Crippen LogP contribution in [0.15, 0.2) is 18.3 Å². The molecule has 1 aromatic heterocycles. The quantitative estimate of drug-likeness (QED) is 0.707. The van der Waals surface area contributed by atoms with E-state index in [-0.39, 0.29) is 11.3 Å². The molecule has 3 aliphatic rings. The lowest BCUT2D eigenvalue weighted by molar-refractivity contribution is -0.140. The Labute approximate surface area is 180 Å². The van der Waals surface area contributed by atoms with Gasteiger partial charge in [0.25, 0.3) is 0 Å². The van der Waals surface area contributed by atoms with Crippen LogP contribution in [0.5, 0.6) is 0 Å². The maximum absolute atomic E-state index is 13.4. The van der Waals surface area contributed by atoms with Gasteiger partial charge in [-0.1, -0.05) is 0 Å². The summed E-state index contributed by atoms with van der Waals surface area (Å²) < 4.78 is 11.1. The Morgan fingerprint density at radius 3 is 2.57 bits per heavy atom. The van der Waals surface area contributed by atoms with Crippen LogP contribution in [0.4, 0.5) is 5.82 Å². The first-order chi connectivity index (χ1) is 14.6. The maximum Gasteiger partial charge on any atom is 0.227 e. The zero-order chi connectivity index (χ0) is 21.0. The van der Waals surface area contributed by atoms with E-state index in [0.717, 1.165) is 90.9 Å². The number of pyridine rings is 1. The number of ether oxygens (including phenoxy) is 2. The first kappa shape index (κ1) is 21.5. The van der Waals surface area contributed by atoms with Crippen molar-refractivity contribution >= 4 is 11.7 Å². The van der Waals surface area contributed by atoms with Gasteiger partial charge in [0.2, 0.25) is 5.91 Å². The largest absolute Gasteiger partial charge is 0.381 e. The van der Waals surface area contributed by atoms with E-state index in [9.17, 15) is 4.79 Å². The van der Waals surface area contributed by atoms with Crippen molar-refractivity contribution in [2.45, 2.75) is 33.2 Å². The third kappa shape index (κ3) is 4.48. The summed E-state index contributed by atoms with van der Waals surface area (Å²) in [7, 11) is 0. The van der Waals surface area contributed by atoms with E-state index in [1.54, 1.807) is 0 Å². The first-order valence-corrected chi connectivity index (χ1v) is 11.5. The van der Waals surface area contributed by atoms with Crippen molar-refractivity contribution in [1.29, 1.82) is 0 Å². The number of rotatable bonds is 6. The number of likely N-dealkylation sites (tertiary alicyclic amines) is 1. The highest BCUT2D eigenvalue weighted by atomic mass is 16.5. The molecule has 0 radical (unpaired) electrons. The summed E-state index contributed by atoms with van der Waals surface area (Å²) in [5.74, 6) is 1.43. The Hall–Kier alpha value is -1.70. The van der Waals surface area contributed by atoms with Crippen molar-refractivity contribution in [2.24, 2.45) is 11.3 Å². The Morgan fingerprint density at radius 1 is 1.17 bits per heavy atom. The molecule has 3 aliphatic heterocycles. The van der Waals surface area contributed by atoms with E-state index in [2.05, 4.69) is 40.8 Å². The minimum Gasteiger partial charge on any atom is -0.381 e. The van der Waals surface area contributed by atoms with Crippen LogP contribution < -0.4 is 4.90 Å². The monoisotopic (exact) mass is 416 g/mol. The van der Waals surface area contributed by atoms with Crippen LogP contribution in [0.25, 0.3) is 0 Å². The summed E-state index contributed by atoms with van der Waals surface area (Å²) in [6.45, 7) is 13.3. The molecule has 1 amide bonds. The van der Waals surface area contributed by atoms with E-state index in [0.29, 0.717) is 5.91 Å². The second-order valence-electron chi connectivity index (χ2n) is 8.83. The number of amides is 1. The predicted octanol–water partition coefficient (Wildman–Crippen LogP) is 2.02. The highest BCUT2D eigenvalue weighted by molar-refractivity contribution is 5.80. The van der Waals surface area contributed by atoms with E-state index in [1.165, 1.54) is 5.56 Å². The number of aromatic nitrogens is 1. The molecule has 1 atom stereocenters. The highest BCUT2D eigenvalue weighted by Gasteiger charge is 2.51. The second kappa shape index (κ2) is 9.62. The molecule has 1 spiro atoms. The van der Waals surface area contributed by atoms with Gasteiger partial charge in [-0.25, -0.2) is 4.98 Å². The van der Waals surface area contributed by atoms with Crippen LogP contribution in [0, 0.1) is 11.3 Å². The Morgan fingerprint density at radius 2 is 1.87 bits per heavy atom. The zero-order valence-corrected chi connectivity index (χ0v) is 18.5. The van der Waals surface area contributed by atoms with Crippen LogP contribution in [-0.4, -0.2) is 86.4 Å². The Balaban J connectivity index is 1.49. The number of morpholine rings is 1. The summed E-state index contributed by atoms with van der Waals surface area (Å²) in [5.41, 5.74) is 1.32. The van der Waals surface area contributed by atoms with Crippen LogP contribution in [0.1, 0.15) is 32.3 Å². The molecule has 0 aromatic carbocycles. The number of anilines is 1. The highest BCUT2D eigenvalue weighted by Crippen LogP contribution is 2.45. The lowest BCUT2D eigenvalue weighted by Crippen LogP contribution is -2.46. The lowest BCUT2D eigenvalue weighted by atomic mass is 9.71. The molecular formula is C23H36N4O3. The van der Waals surface area contributed by atoms with Crippen molar-refractivity contribution in [3.05, 3.63) is 23.9 Å². The van der Waals surface area contributed by atoms with Crippen molar-refractivity contribution in [3.8, 4) is 0 Å². The zero-order valence-electron chi connectivity index (χ0n) is 18.5. The lowest BCUT2D eigenvalue weighted by Gasteiger charge is -2.39. The van der Waals surface area contributed by atoms with Crippen molar-refractivity contribution in [3.63, 3.8) is 0 Å². The second-order valence-corrected chi connectivity index (χ2v) is 8.83. The molecule has 1 unspecified atom stereocenters. The molecule has 0 N–H and O–H groups in total. The summed E-state index contributed by atoms with van der Waals surface area (Å²) in [6, 6.07) is 4.32. The summed E-state index contributed by atoms with van der Waals surface area (Å²) in [6.07, 6.45) is 3.88. The average Bonchev–Trinajstić information content (AvgIpc) is 3.12. The fourth-order valence-electron chi connectivity index (χ4n) is 5.36. The van der Waals surface area contributed by atoms with Crippen molar-refractivity contribution in [2.75, 3.05) is 70.6 Å². The third-order valence-electron chi connectivity index (χ3n) is 7.13. The Bertz CT molecular complexity index is 712. The standard InChI is InChI=1S/C23H36N4O3/c1-3-26(4-2)22(28)20-17-25(18-23(20)6-11-29-12-7-23)16-19-5-8-24-21(15-19)27-9-13-30-14-10-27/h5,8,15,20H,3-4,6-7,9-14,16-18H2,1-2H3. The van der Waals surface area contributed by atoms with Crippen LogP contribution in [0.3, 0.4) is 0 Å². The molecule has 1 aromatic rings. The minimum absolute atomic E-state index is 0.0536. The summed E-state index contributed by atoms with van der Waals surface area (Å²) in [5, 5.41) is 0.